The van der Waals surface area contributed by atoms with Crippen LogP contribution in [0.4, 0.5) is 0 Å². The lowest BCUT2D eigenvalue weighted by atomic mass is 10.2. The second-order valence-electron chi connectivity index (χ2n) is 6.11. The van der Waals surface area contributed by atoms with E-state index in [9.17, 15) is 18.0 Å². The smallest absolute Gasteiger partial charge is 0.313 e. The molecule has 1 aromatic carbocycles. The average Bonchev–Trinajstić information content (AvgIpc) is 3.19. The van der Waals surface area contributed by atoms with E-state index in [4.69, 9.17) is 0 Å². The van der Waals surface area contributed by atoms with Crippen LogP contribution >= 0.6 is 0 Å². The van der Waals surface area contributed by atoms with Crippen LogP contribution in [0, 0.1) is 0 Å². The van der Waals surface area contributed by atoms with Gasteiger partial charge in [0.1, 0.15) is 5.56 Å². The minimum atomic E-state index is -3.15. The zero-order valence-electron chi connectivity index (χ0n) is 13.5. The molecule has 9 nitrogen and oxygen atoms in total. The van der Waals surface area contributed by atoms with Gasteiger partial charge in [0, 0.05) is 11.8 Å². The Balaban J connectivity index is 1.90. The molecule has 2 aromatic heterocycles. The van der Waals surface area contributed by atoms with E-state index in [1.165, 1.54) is 10.9 Å². The first kappa shape index (κ1) is 16.5. The van der Waals surface area contributed by atoms with Crippen molar-refractivity contribution in [3.8, 4) is 22.8 Å². The van der Waals surface area contributed by atoms with Crippen molar-refractivity contribution in [2.45, 2.75) is 12.5 Å². The van der Waals surface area contributed by atoms with Crippen molar-refractivity contribution in [1.29, 1.82) is 0 Å². The molecular weight excluding hydrogens is 358 g/mol. The second-order valence-corrected chi connectivity index (χ2v) is 8.34. The summed E-state index contributed by atoms with van der Waals surface area (Å²) in [5, 5.41) is 4.46. The van der Waals surface area contributed by atoms with Crippen LogP contribution in [0.15, 0.2) is 46.1 Å². The maximum atomic E-state index is 12.2. The van der Waals surface area contributed by atoms with Crippen molar-refractivity contribution in [2.75, 3.05) is 11.5 Å². The average molecular weight is 373 g/mol. The van der Waals surface area contributed by atoms with Gasteiger partial charge in [0.15, 0.2) is 21.5 Å². The Bertz CT molecular complexity index is 1180. The van der Waals surface area contributed by atoms with E-state index >= 15 is 0 Å². The van der Waals surface area contributed by atoms with Crippen molar-refractivity contribution in [3.63, 3.8) is 0 Å². The van der Waals surface area contributed by atoms with E-state index < -0.39 is 27.1 Å². The molecule has 3 heterocycles. The minimum Gasteiger partial charge on any atom is -0.313 e. The molecule has 2 N–H and O–H groups in total. The van der Waals surface area contributed by atoms with E-state index in [2.05, 4.69) is 20.1 Å². The number of hydrogen-bond acceptors (Lipinski definition) is 6. The zero-order chi connectivity index (χ0) is 18.3. The molecule has 26 heavy (non-hydrogen) atoms. The van der Waals surface area contributed by atoms with Crippen molar-refractivity contribution in [2.24, 2.45) is 0 Å². The Morgan fingerprint density at radius 1 is 1.15 bits per heavy atom. The first-order valence-corrected chi connectivity index (χ1v) is 9.80. The number of aromatic nitrogens is 5. The third kappa shape index (κ3) is 2.99. The molecule has 0 amide bonds. The summed E-state index contributed by atoms with van der Waals surface area (Å²) in [6, 6.07) is 8.77. The highest BCUT2D eigenvalue weighted by atomic mass is 32.2. The van der Waals surface area contributed by atoms with Gasteiger partial charge in [-0.1, -0.05) is 30.3 Å². The molecule has 0 aliphatic carbocycles. The molecule has 1 atom stereocenters. The van der Waals surface area contributed by atoms with Gasteiger partial charge < -0.3 is 4.98 Å². The van der Waals surface area contributed by atoms with Crippen LogP contribution in [0.1, 0.15) is 12.5 Å². The number of H-pyrrole nitrogens is 2. The largest absolute Gasteiger partial charge is 0.325 e. The summed E-state index contributed by atoms with van der Waals surface area (Å²) in [5.41, 5.74) is -0.364. The first-order valence-electron chi connectivity index (χ1n) is 7.98. The number of nitrogens with one attached hydrogen (secondary N) is 2. The molecule has 1 fully saturated rings. The van der Waals surface area contributed by atoms with Gasteiger partial charge in [-0.25, -0.2) is 22.9 Å². The van der Waals surface area contributed by atoms with E-state index in [0.29, 0.717) is 12.2 Å². The molecule has 134 valence electrons. The predicted octanol–water partition coefficient (Wildman–Crippen LogP) is 0.348. The van der Waals surface area contributed by atoms with Crippen LogP contribution in [0.2, 0.25) is 0 Å². The highest BCUT2D eigenvalue weighted by Gasteiger charge is 2.32. The molecule has 1 saturated heterocycles. The van der Waals surface area contributed by atoms with Gasteiger partial charge in [-0.05, 0) is 6.42 Å². The molecule has 0 saturated carbocycles. The lowest BCUT2D eigenvalue weighted by Crippen LogP contribution is -2.24. The topological polar surface area (TPSA) is 131 Å². The summed E-state index contributed by atoms with van der Waals surface area (Å²) < 4.78 is 25.2. The molecular formula is C16H15N5O4S. The van der Waals surface area contributed by atoms with E-state index in [0.717, 1.165) is 5.56 Å². The second kappa shape index (κ2) is 6.06. The van der Waals surface area contributed by atoms with Crippen molar-refractivity contribution < 1.29 is 8.42 Å². The standard InChI is InChI=1S/C16H15N5O4S/c22-15-12(8-17-16(23)19-15)14-18-13(10-4-2-1-3-5-10)20-21(14)11-6-7-26(24,25)9-11/h1-5,8,11H,6-7,9H2,(H2,17,19,22,23)/t11-/m1/s1. The fourth-order valence-corrected chi connectivity index (χ4v) is 4.71. The third-order valence-electron chi connectivity index (χ3n) is 4.28. The van der Waals surface area contributed by atoms with E-state index in [-0.39, 0.29) is 22.9 Å². The quantitative estimate of drug-likeness (QED) is 0.681. The van der Waals surface area contributed by atoms with Crippen LogP contribution in [0.5, 0.6) is 0 Å². The summed E-state index contributed by atoms with van der Waals surface area (Å²) in [6.07, 6.45) is 1.66. The molecule has 1 aliphatic rings. The maximum Gasteiger partial charge on any atom is 0.325 e. The highest BCUT2D eigenvalue weighted by Crippen LogP contribution is 2.29. The van der Waals surface area contributed by atoms with Crippen molar-refractivity contribution >= 4 is 9.84 Å². The molecule has 10 heteroatoms. The van der Waals surface area contributed by atoms with Gasteiger partial charge in [-0.3, -0.25) is 9.78 Å². The molecule has 0 unspecified atom stereocenters. The number of nitrogens with zero attached hydrogens (tertiary/aromatic N) is 3. The van der Waals surface area contributed by atoms with Gasteiger partial charge in [0.25, 0.3) is 5.56 Å². The summed E-state index contributed by atoms with van der Waals surface area (Å²) >= 11 is 0. The Morgan fingerprint density at radius 3 is 2.58 bits per heavy atom. The van der Waals surface area contributed by atoms with Crippen molar-refractivity contribution in [3.05, 3.63) is 57.4 Å². The Morgan fingerprint density at radius 2 is 1.92 bits per heavy atom. The summed E-state index contributed by atoms with van der Waals surface area (Å²) in [4.78, 5) is 32.5. The lowest BCUT2D eigenvalue weighted by Gasteiger charge is -2.10. The third-order valence-corrected chi connectivity index (χ3v) is 6.03. The Labute approximate surface area is 147 Å². The number of hydrogen-bond donors (Lipinski definition) is 2. The van der Waals surface area contributed by atoms with Gasteiger partial charge in [0.2, 0.25) is 0 Å². The SMILES string of the molecule is O=c1[nH]cc(-c2nc(-c3ccccc3)nn2[C@@H]2CCS(=O)(=O)C2)c(=O)[nH]1. The van der Waals surface area contributed by atoms with Crippen molar-refractivity contribution in [1.82, 2.24) is 24.7 Å². The lowest BCUT2D eigenvalue weighted by molar-refractivity contribution is 0.505. The number of sulfone groups is 1. The highest BCUT2D eigenvalue weighted by molar-refractivity contribution is 7.91. The van der Waals surface area contributed by atoms with Gasteiger partial charge in [-0.15, -0.1) is 0 Å². The number of aromatic amines is 2. The molecule has 4 rings (SSSR count). The van der Waals surface area contributed by atoms with Crippen LogP contribution in [-0.2, 0) is 9.84 Å². The van der Waals surface area contributed by atoms with E-state index in [1.54, 1.807) is 0 Å². The molecule has 0 bridgehead atoms. The minimum absolute atomic E-state index is 0.0567. The monoisotopic (exact) mass is 373 g/mol. The van der Waals surface area contributed by atoms with E-state index in [1.807, 2.05) is 30.3 Å². The van der Waals surface area contributed by atoms with Gasteiger partial charge in [-0.2, -0.15) is 5.10 Å². The molecule has 3 aromatic rings. The van der Waals surface area contributed by atoms with Crippen LogP contribution in [0.3, 0.4) is 0 Å². The fourth-order valence-electron chi connectivity index (χ4n) is 3.02. The zero-order valence-corrected chi connectivity index (χ0v) is 14.4. The van der Waals surface area contributed by atoms with Gasteiger partial charge >= 0.3 is 5.69 Å². The van der Waals surface area contributed by atoms with Crippen LogP contribution in [-0.4, -0.2) is 44.7 Å². The summed E-state index contributed by atoms with van der Waals surface area (Å²) in [5.74, 6) is 0.623. The summed E-state index contributed by atoms with van der Waals surface area (Å²) in [6.45, 7) is 0. The normalized spacial score (nSPS) is 18.8. The fraction of sp³-hybridized carbons (Fsp3) is 0.250. The molecule has 1 aliphatic heterocycles. The number of rotatable bonds is 3. The Hall–Kier alpha value is -3.01. The number of benzene rings is 1. The first-order chi connectivity index (χ1) is 12.4. The summed E-state index contributed by atoms with van der Waals surface area (Å²) in [7, 11) is -3.15. The predicted molar refractivity (Wildman–Crippen MR) is 94.4 cm³/mol. The maximum absolute atomic E-state index is 12.2. The van der Waals surface area contributed by atoms with Gasteiger partial charge in [0.05, 0.1) is 17.5 Å². The van der Waals surface area contributed by atoms with Crippen LogP contribution < -0.4 is 11.2 Å². The molecule has 0 radical (unpaired) electrons. The Kier molecular flexibility index (Phi) is 3.83. The molecule has 0 spiro atoms. The van der Waals surface area contributed by atoms with Crippen LogP contribution in [0.25, 0.3) is 22.8 Å².